The number of furan rings is 1. The van der Waals surface area contributed by atoms with Crippen molar-refractivity contribution < 1.29 is 14.0 Å². The fourth-order valence-corrected chi connectivity index (χ4v) is 4.27. The first-order valence-electron chi connectivity index (χ1n) is 9.69. The van der Waals surface area contributed by atoms with Crippen molar-refractivity contribution in [2.75, 3.05) is 26.2 Å². The molecule has 1 saturated heterocycles. The first-order chi connectivity index (χ1) is 14.6. The molecule has 30 heavy (non-hydrogen) atoms. The number of amides is 2. The molecule has 2 heterocycles. The molecule has 4 rings (SSSR count). The smallest absolute Gasteiger partial charge is 0.289 e. The molecule has 0 aliphatic carbocycles. The summed E-state index contributed by atoms with van der Waals surface area (Å²) in [6, 6.07) is 18.9. The average Bonchev–Trinajstić information content (AvgIpc) is 3.33. The zero-order chi connectivity index (χ0) is 20.9. The van der Waals surface area contributed by atoms with Crippen LogP contribution in [0.15, 0.2) is 76.2 Å². The number of carbonyl (C=O) groups excluding carboxylic acids is 2. The topological polar surface area (TPSA) is 53.8 Å². The van der Waals surface area contributed by atoms with E-state index >= 15 is 0 Å². The summed E-state index contributed by atoms with van der Waals surface area (Å²) in [6.45, 7) is 2.03. The van der Waals surface area contributed by atoms with Crippen molar-refractivity contribution in [3.8, 4) is 0 Å². The number of rotatable bonds is 5. The van der Waals surface area contributed by atoms with E-state index in [0.29, 0.717) is 37.5 Å². The van der Waals surface area contributed by atoms with Crippen LogP contribution in [0, 0.1) is 0 Å². The van der Waals surface area contributed by atoms with Crippen molar-refractivity contribution in [3.63, 3.8) is 0 Å². The summed E-state index contributed by atoms with van der Waals surface area (Å²) in [4.78, 5) is 29.8. The van der Waals surface area contributed by atoms with Crippen LogP contribution in [0.1, 0.15) is 26.5 Å². The Bertz CT molecular complexity index is 996. The number of nitrogens with zero attached hydrogens (tertiary/aromatic N) is 2. The maximum Gasteiger partial charge on any atom is 0.289 e. The largest absolute Gasteiger partial charge is 0.459 e. The Morgan fingerprint density at radius 1 is 0.867 bits per heavy atom. The number of hydrogen-bond donors (Lipinski definition) is 0. The van der Waals surface area contributed by atoms with Gasteiger partial charge < -0.3 is 14.2 Å². The van der Waals surface area contributed by atoms with E-state index in [1.807, 2.05) is 48.5 Å². The van der Waals surface area contributed by atoms with Gasteiger partial charge in [0.15, 0.2) is 5.76 Å². The molecule has 0 N–H and O–H groups in total. The molecule has 2 aromatic carbocycles. The summed E-state index contributed by atoms with van der Waals surface area (Å²) in [6.07, 6.45) is 1.49. The van der Waals surface area contributed by atoms with E-state index in [9.17, 15) is 9.59 Å². The van der Waals surface area contributed by atoms with E-state index in [0.717, 1.165) is 21.2 Å². The van der Waals surface area contributed by atoms with E-state index in [1.54, 1.807) is 33.7 Å². The van der Waals surface area contributed by atoms with Crippen molar-refractivity contribution in [1.82, 2.24) is 9.80 Å². The van der Waals surface area contributed by atoms with Gasteiger partial charge in [0, 0.05) is 47.4 Å². The second-order valence-electron chi connectivity index (χ2n) is 7.00. The maximum absolute atomic E-state index is 12.8. The standard InChI is InChI=1S/C23H21ClN2O3S/c24-19-7-9-20(10-8-19)30-16-17-3-5-18(6-4-17)22(27)25-11-13-26(14-12-25)23(28)21-2-1-15-29-21/h1-10,15H,11-14,16H2. The minimum atomic E-state index is -0.130. The van der Waals surface area contributed by atoms with Gasteiger partial charge in [-0.15, -0.1) is 11.8 Å². The highest BCUT2D eigenvalue weighted by Crippen LogP contribution is 2.24. The molecule has 0 atom stereocenters. The van der Waals surface area contributed by atoms with Crippen LogP contribution in [0.3, 0.4) is 0 Å². The summed E-state index contributed by atoms with van der Waals surface area (Å²) in [7, 11) is 0. The lowest BCUT2D eigenvalue weighted by atomic mass is 10.1. The molecular weight excluding hydrogens is 420 g/mol. The van der Waals surface area contributed by atoms with E-state index < -0.39 is 0 Å². The Balaban J connectivity index is 1.29. The molecule has 1 fully saturated rings. The Kier molecular flexibility index (Phi) is 6.45. The second-order valence-corrected chi connectivity index (χ2v) is 8.49. The molecular formula is C23H21ClN2O3S. The first-order valence-corrected chi connectivity index (χ1v) is 11.1. The fraction of sp³-hybridized carbons (Fsp3) is 0.217. The van der Waals surface area contributed by atoms with Crippen LogP contribution in [0.5, 0.6) is 0 Å². The van der Waals surface area contributed by atoms with Gasteiger partial charge in [-0.2, -0.15) is 0 Å². The zero-order valence-corrected chi connectivity index (χ0v) is 17.9. The maximum atomic E-state index is 12.8. The third-order valence-corrected chi connectivity index (χ3v) is 6.34. The minimum absolute atomic E-state index is 0.00278. The third kappa shape index (κ3) is 4.89. The predicted octanol–water partition coefficient (Wildman–Crippen LogP) is 4.82. The van der Waals surface area contributed by atoms with Crippen molar-refractivity contribution in [2.45, 2.75) is 10.6 Å². The van der Waals surface area contributed by atoms with Gasteiger partial charge >= 0.3 is 0 Å². The van der Waals surface area contributed by atoms with Gasteiger partial charge in [-0.1, -0.05) is 23.7 Å². The number of halogens is 1. The molecule has 0 bridgehead atoms. The van der Waals surface area contributed by atoms with Crippen LogP contribution in [-0.2, 0) is 5.75 Å². The second kappa shape index (κ2) is 9.41. The number of carbonyl (C=O) groups is 2. The average molecular weight is 441 g/mol. The molecule has 0 saturated carbocycles. The fourth-order valence-electron chi connectivity index (χ4n) is 3.29. The summed E-state index contributed by atoms with van der Waals surface area (Å²) in [5.41, 5.74) is 1.82. The number of hydrogen-bond acceptors (Lipinski definition) is 4. The van der Waals surface area contributed by atoms with Crippen LogP contribution in [0.2, 0.25) is 5.02 Å². The molecule has 5 nitrogen and oxygen atoms in total. The van der Waals surface area contributed by atoms with Crippen molar-refractivity contribution in [1.29, 1.82) is 0 Å². The Labute approximate surface area is 184 Å². The van der Waals surface area contributed by atoms with E-state index in [-0.39, 0.29) is 11.8 Å². The van der Waals surface area contributed by atoms with E-state index in [4.69, 9.17) is 16.0 Å². The lowest BCUT2D eigenvalue weighted by Crippen LogP contribution is -2.50. The highest BCUT2D eigenvalue weighted by molar-refractivity contribution is 7.98. The third-order valence-electron chi connectivity index (χ3n) is 5.01. The normalized spacial score (nSPS) is 14.0. The van der Waals surface area contributed by atoms with Crippen LogP contribution >= 0.6 is 23.4 Å². The number of thioether (sulfide) groups is 1. The van der Waals surface area contributed by atoms with Crippen molar-refractivity contribution >= 4 is 35.2 Å². The lowest BCUT2D eigenvalue weighted by Gasteiger charge is -2.34. The number of benzene rings is 2. The van der Waals surface area contributed by atoms with E-state index in [2.05, 4.69) is 0 Å². The molecule has 0 spiro atoms. The predicted molar refractivity (Wildman–Crippen MR) is 118 cm³/mol. The Morgan fingerprint density at radius 2 is 1.50 bits per heavy atom. The zero-order valence-electron chi connectivity index (χ0n) is 16.3. The lowest BCUT2D eigenvalue weighted by molar-refractivity contribution is 0.0518. The highest BCUT2D eigenvalue weighted by atomic mass is 35.5. The summed E-state index contributed by atoms with van der Waals surface area (Å²) in [5.74, 6) is 1.03. The quantitative estimate of drug-likeness (QED) is 0.533. The molecule has 1 aromatic heterocycles. The van der Waals surface area contributed by atoms with Crippen molar-refractivity contribution in [3.05, 3.63) is 88.8 Å². The highest BCUT2D eigenvalue weighted by Gasteiger charge is 2.26. The summed E-state index contributed by atoms with van der Waals surface area (Å²) < 4.78 is 5.18. The first kappa shape index (κ1) is 20.6. The van der Waals surface area contributed by atoms with Crippen LogP contribution in [0.25, 0.3) is 0 Å². The Hall–Kier alpha value is -2.70. The van der Waals surface area contributed by atoms with Crippen LogP contribution < -0.4 is 0 Å². The summed E-state index contributed by atoms with van der Waals surface area (Å²) >= 11 is 7.65. The molecule has 1 aliphatic rings. The van der Waals surface area contributed by atoms with Gasteiger partial charge in [0.1, 0.15) is 0 Å². The SMILES string of the molecule is O=C(c1ccc(CSc2ccc(Cl)cc2)cc1)N1CCN(C(=O)c2ccco2)CC1. The summed E-state index contributed by atoms with van der Waals surface area (Å²) in [5, 5.41) is 0.730. The van der Waals surface area contributed by atoms with Gasteiger partial charge in [-0.3, -0.25) is 9.59 Å². The van der Waals surface area contributed by atoms with Gasteiger partial charge in [0.05, 0.1) is 6.26 Å². The minimum Gasteiger partial charge on any atom is -0.459 e. The van der Waals surface area contributed by atoms with E-state index in [1.165, 1.54) is 6.26 Å². The monoisotopic (exact) mass is 440 g/mol. The number of piperazine rings is 1. The Morgan fingerprint density at radius 3 is 2.10 bits per heavy atom. The molecule has 1 aliphatic heterocycles. The molecule has 0 unspecified atom stereocenters. The molecule has 0 radical (unpaired) electrons. The molecule has 7 heteroatoms. The molecule has 2 amide bonds. The van der Waals surface area contributed by atoms with Gasteiger partial charge in [-0.05, 0) is 54.1 Å². The van der Waals surface area contributed by atoms with Gasteiger partial charge in [0.25, 0.3) is 11.8 Å². The van der Waals surface area contributed by atoms with Crippen molar-refractivity contribution in [2.24, 2.45) is 0 Å². The molecule has 154 valence electrons. The van der Waals surface area contributed by atoms with Gasteiger partial charge in [-0.25, -0.2) is 0 Å². The van der Waals surface area contributed by atoms with Crippen LogP contribution in [-0.4, -0.2) is 47.8 Å². The molecule has 3 aromatic rings. The van der Waals surface area contributed by atoms with Gasteiger partial charge in [0.2, 0.25) is 0 Å². The van der Waals surface area contributed by atoms with Crippen LogP contribution in [0.4, 0.5) is 0 Å².